The summed E-state index contributed by atoms with van der Waals surface area (Å²) in [6.07, 6.45) is 0. The number of amides is 1. The lowest BCUT2D eigenvalue weighted by Gasteiger charge is -2.28. The van der Waals surface area contributed by atoms with Gasteiger partial charge in [0.15, 0.2) is 5.54 Å². The number of benzene rings is 3. The average Bonchev–Trinajstić information content (AvgIpc) is 3.01. The van der Waals surface area contributed by atoms with E-state index < -0.39 is 11.5 Å². The zero-order valence-corrected chi connectivity index (χ0v) is 15.2. The summed E-state index contributed by atoms with van der Waals surface area (Å²) in [5.41, 5.74) is 3.56. The smallest absolute Gasteiger partial charge is 0.341 e. The maximum absolute atomic E-state index is 12.9. The molecule has 1 unspecified atom stereocenters. The fourth-order valence-electron chi connectivity index (χ4n) is 3.67. The summed E-state index contributed by atoms with van der Waals surface area (Å²) in [7, 11) is 1.34. The largest absolute Gasteiger partial charge is 0.467 e. The first-order chi connectivity index (χ1) is 13.1. The molecule has 0 aliphatic carbocycles. The van der Waals surface area contributed by atoms with Gasteiger partial charge in [-0.3, -0.25) is 4.79 Å². The molecule has 3 aromatic carbocycles. The third-order valence-corrected chi connectivity index (χ3v) is 5.04. The van der Waals surface area contributed by atoms with E-state index in [1.165, 1.54) is 7.11 Å². The highest BCUT2D eigenvalue weighted by atomic mass is 16.5. The molecule has 1 aliphatic heterocycles. The molecule has 1 amide bonds. The third kappa shape index (κ3) is 2.61. The van der Waals surface area contributed by atoms with Crippen LogP contribution in [0, 0.1) is 6.92 Å². The van der Waals surface area contributed by atoms with Gasteiger partial charge in [-0.1, -0.05) is 72.3 Å². The summed E-state index contributed by atoms with van der Waals surface area (Å²) in [5, 5.41) is 2.87. The number of carbonyl (C=O) groups is 2. The van der Waals surface area contributed by atoms with Crippen molar-refractivity contribution >= 4 is 11.9 Å². The predicted molar refractivity (Wildman–Crippen MR) is 103 cm³/mol. The summed E-state index contributed by atoms with van der Waals surface area (Å²) in [4.78, 5) is 25.4. The minimum absolute atomic E-state index is 0.275. The number of hydrogen-bond donors (Lipinski definition) is 1. The molecule has 3 aromatic rings. The highest BCUT2D eigenvalue weighted by Gasteiger charge is 2.51. The van der Waals surface area contributed by atoms with Crippen LogP contribution in [0.3, 0.4) is 0 Å². The first kappa shape index (κ1) is 17.0. The van der Waals surface area contributed by atoms with Gasteiger partial charge in [0.2, 0.25) is 0 Å². The molecule has 4 heteroatoms. The Morgan fingerprint density at radius 2 is 1.59 bits per heavy atom. The minimum Gasteiger partial charge on any atom is -0.467 e. The average molecular weight is 357 g/mol. The Hall–Kier alpha value is -3.40. The maximum Gasteiger partial charge on any atom is 0.341 e. The van der Waals surface area contributed by atoms with E-state index in [0.717, 1.165) is 16.7 Å². The normalized spacial score (nSPS) is 17.9. The van der Waals surface area contributed by atoms with Crippen molar-refractivity contribution in [2.24, 2.45) is 0 Å². The lowest BCUT2D eigenvalue weighted by molar-refractivity contribution is -0.146. The van der Waals surface area contributed by atoms with Gasteiger partial charge in [0.1, 0.15) is 0 Å². The molecule has 1 heterocycles. The summed E-state index contributed by atoms with van der Waals surface area (Å²) in [5.74, 6) is -0.782. The molecular formula is C23H19NO3. The van der Waals surface area contributed by atoms with Gasteiger partial charge in [-0.2, -0.15) is 0 Å². The van der Waals surface area contributed by atoms with E-state index in [1.807, 2.05) is 73.7 Å². The fraction of sp³-hybridized carbons (Fsp3) is 0.130. The molecule has 0 spiro atoms. The Kier molecular flexibility index (Phi) is 4.04. The second-order valence-electron chi connectivity index (χ2n) is 6.69. The van der Waals surface area contributed by atoms with E-state index >= 15 is 0 Å². The zero-order chi connectivity index (χ0) is 19.0. The first-order valence-corrected chi connectivity index (χ1v) is 8.74. The molecule has 1 aliphatic rings. The molecule has 0 fully saturated rings. The monoisotopic (exact) mass is 357 g/mol. The molecule has 0 aromatic heterocycles. The summed E-state index contributed by atoms with van der Waals surface area (Å²) < 4.78 is 5.10. The standard InChI is InChI=1S/C23H19NO3/c1-15-8-13-19-20(14-15)23(22(26)27-2,24-21(19)25)18-11-9-17(10-12-18)16-6-4-3-5-7-16/h3-14H,1-2H3,(H,24,25). The number of esters is 1. The summed E-state index contributed by atoms with van der Waals surface area (Å²) in [6.45, 7) is 1.93. The van der Waals surface area contributed by atoms with Crippen molar-refractivity contribution in [3.63, 3.8) is 0 Å². The van der Waals surface area contributed by atoms with Crippen molar-refractivity contribution in [1.82, 2.24) is 5.32 Å². The minimum atomic E-state index is -1.33. The number of rotatable bonds is 3. The van der Waals surface area contributed by atoms with Crippen LogP contribution in [0.15, 0.2) is 72.8 Å². The molecule has 4 rings (SSSR count). The topological polar surface area (TPSA) is 55.4 Å². The van der Waals surface area contributed by atoms with Crippen LogP contribution in [0.1, 0.15) is 27.0 Å². The highest BCUT2D eigenvalue weighted by molar-refractivity contribution is 6.07. The van der Waals surface area contributed by atoms with Crippen LogP contribution in [-0.2, 0) is 15.1 Å². The van der Waals surface area contributed by atoms with Gasteiger partial charge in [-0.15, -0.1) is 0 Å². The van der Waals surface area contributed by atoms with E-state index in [4.69, 9.17) is 4.74 Å². The second-order valence-corrected chi connectivity index (χ2v) is 6.69. The van der Waals surface area contributed by atoms with Crippen LogP contribution in [0.2, 0.25) is 0 Å². The SMILES string of the molecule is COC(=O)C1(c2ccc(-c3ccccc3)cc2)NC(=O)c2ccc(C)cc21. The second kappa shape index (κ2) is 6.40. The van der Waals surface area contributed by atoms with Crippen LogP contribution < -0.4 is 5.32 Å². The number of carbonyl (C=O) groups excluding carboxylic acids is 2. The molecule has 1 N–H and O–H groups in total. The van der Waals surface area contributed by atoms with Crippen LogP contribution >= 0.6 is 0 Å². The number of aryl methyl sites for hydroxylation is 1. The van der Waals surface area contributed by atoms with Crippen LogP contribution in [-0.4, -0.2) is 19.0 Å². The third-order valence-electron chi connectivity index (χ3n) is 5.04. The van der Waals surface area contributed by atoms with Gasteiger partial charge in [-0.25, -0.2) is 4.79 Å². The number of hydrogen-bond acceptors (Lipinski definition) is 3. The molecule has 4 nitrogen and oxygen atoms in total. The fourth-order valence-corrected chi connectivity index (χ4v) is 3.67. The van der Waals surface area contributed by atoms with Gasteiger partial charge in [0.25, 0.3) is 5.91 Å². The predicted octanol–water partition coefficient (Wildman–Crippen LogP) is 3.82. The molecule has 0 saturated heterocycles. The molecule has 1 atom stereocenters. The van der Waals surface area contributed by atoms with Crippen LogP contribution in [0.25, 0.3) is 11.1 Å². The molecule has 0 bridgehead atoms. The van der Waals surface area contributed by atoms with E-state index in [2.05, 4.69) is 5.32 Å². The van der Waals surface area contributed by atoms with Crippen molar-refractivity contribution < 1.29 is 14.3 Å². The van der Waals surface area contributed by atoms with E-state index in [9.17, 15) is 9.59 Å². The summed E-state index contributed by atoms with van der Waals surface area (Å²) in [6, 6.07) is 23.1. The number of methoxy groups -OCH3 is 1. The number of ether oxygens (including phenoxy) is 1. The lowest BCUT2D eigenvalue weighted by Crippen LogP contribution is -2.48. The molecule has 134 valence electrons. The van der Waals surface area contributed by atoms with Crippen molar-refractivity contribution in [3.8, 4) is 11.1 Å². The molecule has 0 saturated carbocycles. The van der Waals surface area contributed by atoms with Gasteiger partial charge >= 0.3 is 5.97 Å². The van der Waals surface area contributed by atoms with Crippen molar-refractivity contribution in [2.75, 3.05) is 7.11 Å². The maximum atomic E-state index is 12.9. The van der Waals surface area contributed by atoms with E-state index in [0.29, 0.717) is 16.7 Å². The lowest BCUT2D eigenvalue weighted by atomic mass is 9.82. The number of nitrogens with one attached hydrogen (secondary N) is 1. The molecule has 0 radical (unpaired) electrons. The van der Waals surface area contributed by atoms with E-state index in [-0.39, 0.29) is 5.91 Å². The van der Waals surface area contributed by atoms with E-state index in [1.54, 1.807) is 6.07 Å². The quantitative estimate of drug-likeness (QED) is 0.725. The van der Waals surface area contributed by atoms with Crippen LogP contribution in [0.5, 0.6) is 0 Å². The Balaban J connectivity index is 1.87. The summed E-state index contributed by atoms with van der Waals surface area (Å²) >= 11 is 0. The Labute approximate surface area is 157 Å². The molecule has 27 heavy (non-hydrogen) atoms. The van der Waals surface area contributed by atoms with Crippen molar-refractivity contribution in [1.29, 1.82) is 0 Å². The van der Waals surface area contributed by atoms with Gasteiger partial charge < -0.3 is 10.1 Å². The number of fused-ring (bicyclic) bond motifs is 1. The van der Waals surface area contributed by atoms with Gasteiger partial charge in [-0.05, 0) is 29.7 Å². The first-order valence-electron chi connectivity index (χ1n) is 8.74. The van der Waals surface area contributed by atoms with Crippen molar-refractivity contribution in [2.45, 2.75) is 12.5 Å². The van der Waals surface area contributed by atoms with Gasteiger partial charge in [0, 0.05) is 11.1 Å². The Morgan fingerprint density at radius 1 is 0.926 bits per heavy atom. The molecular weight excluding hydrogens is 338 g/mol. The van der Waals surface area contributed by atoms with Crippen molar-refractivity contribution in [3.05, 3.63) is 95.1 Å². The van der Waals surface area contributed by atoms with Crippen LogP contribution in [0.4, 0.5) is 0 Å². The Bertz CT molecular complexity index is 1030. The van der Waals surface area contributed by atoms with Gasteiger partial charge in [0.05, 0.1) is 7.11 Å². The zero-order valence-electron chi connectivity index (χ0n) is 15.2. The highest BCUT2D eigenvalue weighted by Crippen LogP contribution is 2.39. The Morgan fingerprint density at radius 3 is 2.26 bits per heavy atom.